The molecule has 0 saturated heterocycles. The number of rotatable bonds is 19. The largest absolute Gasteiger partial charge is 0.466 e. The second-order valence-electron chi connectivity index (χ2n) is 7.27. The normalized spacial score (nSPS) is 10.9. The predicted octanol–water partition coefficient (Wildman–Crippen LogP) is 7.59. The molecule has 0 aromatic heterocycles. The van der Waals surface area contributed by atoms with Crippen molar-refractivity contribution >= 4 is 5.97 Å². The first kappa shape index (κ1) is 23.5. The number of esters is 1. The second-order valence-corrected chi connectivity index (χ2v) is 7.27. The molecule has 0 N–H and O–H groups in total. The third kappa shape index (κ3) is 19.5. The van der Waals surface area contributed by atoms with Crippen molar-refractivity contribution in [2.45, 2.75) is 129 Å². The molecule has 0 aliphatic carbocycles. The van der Waals surface area contributed by atoms with Crippen LogP contribution in [0.4, 0.5) is 0 Å². The Morgan fingerprint density at radius 3 is 1.38 bits per heavy atom. The molecule has 24 heavy (non-hydrogen) atoms. The highest BCUT2D eigenvalue weighted by atomic mass is 16.5. The second kappa shape index (κ2) is 20.5. The Balaban J connectivity index is 3.08. The van der Waals surface area contributed by atoms with Crippen LogP contribution < -0.4 is 0 Å². The number of unbranched alkanes of at least 4 members (excludes halogenated alkanes) is 15. The maximum Gasteiger partial charge on any atom is 0.305 e. The molecule has 0 aliphatic heterocycles. The lowest BCUT2D eigenvalue weighted by atomic mass is 10.0. The highest BCUT2D eigenvalue weighted by Gasteiger charge is 2.02. The van der Waals surface area contributed by atoms with Crippen LogP contribution in [0.3, 0.4) is 0 Å². The molecule has 0 fully saturated rings. The van der Waals surface area contributed by atoms with Crippen molar-refractivity contribution in [3.63, 3.8) is 0 Å². The molecular weight excluding hydrogens is 296 g/mol. The van der Waals surface area contributed by atoms with E-state index in [4.69, 9.17) is 4.74 Å². The average Bonchev–Trinajstić information content (AvgIpc) is 2.59. The number of hydrogen-bond acceptors (Lipinski definition) is 2. The van der Waals surface area contributed by atoms with Gasteiger partial charge in [0, 0.05) is 6.42 Å². The van der Waals surface area contributed by atoms with Gasteiger partial charge in [-0.2, -0.15) is 0 Å². The van der Waals surface area contributed by atoms with Gasteiger partial charge in [0.05, 0.1) is 6.61 Å². The smallest absolute Gasteiger partial charge is 0.305 e. The number of ether oxygens (including phenoxy) is 1. The Morgan fingerprint density at radius 1 is 0.542 bits per heavy atom. The maximum atomic E-state index is 11.5. The van der Waals surface area contributed by atoms with E-state index in [0.29, 0.717) is 13.0 Å². The van der Waals surface area contributed by atoms with Crippen LogP contribution in [0.2, 0.25) is 0 Å². The third-order valence-corrected chi connectivity index (χ3v) is 4.75. The Morgan fingerprint density at radius 2 is 0.917 bits per heavy atom. The quantitative estimate of drug-likeness (QED) is 0.179. The summed E-state index contributed by atoms with van der Waals surface area (Å²) >= 11 is 0. The Hall–Kier alpha value is -0.530. The van der Waals surface area contributed by atoms with Gasteiger partial charge in [0.25, 0.3) is 0 Å². The van der Waals surface area contributed by atoms with Gasteiger partial charge in [0.1, 0.15) is 0 Å². The molecule has 0 radical (unpaired) electrons. The molecule has 0 rings (SSSR count). The SMILES string of the molecule is CCCCCCCCCCCCCCCCC(=O)OCCCCC. The summed E-state index contributed by atoms with van der Waals surface area (Å²) < 4.78 is 5.22. The molecule has 0 heterocycles. The number of carbonyl (C=O) groups excluding carboxylic acids is 1. The summed E-state index contributed by atoms with van der Waals surface area (Å²) in [5.74, 6) is 0.00467. The van der Waals surface area contributed by atoms with Crippen molar-refractivity contribution < 1.29 is 9.53 Å². The van der Waals surface area contributed by atoms with Crippen LogP contribution in [0.15, 0.2) is 0 Å². The zero-order valence-electron chi connectivity index (χ0n) is 16.8. The minimum absolute atomic E-state index is 0.00467. The zero-order chi connectivity index (χ0) is 17.7. The van der Waals surface area contributed by atoms with Gasteiger partial charge < -0.3 is 4.74 Å². The maximum absolute atomic E-state index is 11.5. The lowest BCUT2D eigenvalue weighted by Gasteiger charge is -2.05. The molecule has 2 nitrogen and oxygen atoms in total. The fraction of sp³-hybridized carbons (Fsp3) is 0.955. The van der Waals surface area contributed by atoms with E-state index in [1.54, 1.807) is 0 Å². The van der Waals surface area contributed by atoms with Crippen molar-refractivity contribution in [2.75, 3.05) is 6.61 Å². The molecular formula is C22H44O2. The molecule has 0 bridgehead atoms. The molecule has 0 aromatic carbocycles. The zero-order valence-corrected chi connectivity index (χ0v) is 16.8. The molecule has 0 unspecified atom stereocenters. The Bertz CT molecular complexity index is 250. The van der Waals surface area contributed by atoms with E-state index in [1.807, 2.05) is 0 Å². The Labute approximate surface area is 152 Å². The highest BCUT2D eigenvalue weighted by molar-refractivity contribution is 5.69. The summed E-state index contributed by atoms with van der Waals surface area (Å²) in [5.41, 5.74) is 0. The van der Waals surface area contributed by atoms with Crippen molar-refractivity contribution in [1.29, 1.82) is 0 Å². The van der Waals surface area contributed by atoms with Crippen molar-refractivity contribution in [1.82, 2.24) is 0 Å². The first-order valence-electron chi connectivity index (χ1n) is 11.0. The van der Waals surface area contributed by atoms with Crippen molar-refractivity contribution in [3.05, 3.63) is 0 Å². The molecule has 0 atom stereocenters. The lowest BCUT2D eigenvalue weighted by Crippen LogP contribution is -2.05. The standard InChI is InChI=1S/C22H44O2/c1-3-5-7-8-9-10-11-12-13-14-15-16-17-18-20-22(23)24-21-19-6-4-2/h3-21H2,1-2H3. The average molecular weight is 341 g/mol. The minimum atomic E-state index is 0.00467. The summed E-state index contributed by atoms with van der Waals surface area (Å²) in [7, 11) is 0. The van der Waals surface area contributed by atoms with Gasteiger partial charge in [0.15, 0.2) is 0 Å². The van der Waals surface area contributed by atoms with E-state index in [1.165, 1.54) is 89.9 Å². The minimum Gasteiger partial charge on any atom is -0.466 e. The van der Waals surface area contributed by atoms with Crippen LogP contribution in [0.1, 0.15) is 129 Å². The van der Waals surface area contributed by atoms with Crippen molar-refractivity contribution in [3.8, 4) is 0 Å². The van der Waals surface area contributed by atoms with Crippen LogP contribution in [-0.4, -0.2) is 12.6 Å². The van der Waals surface area contributed by atoms with Crippen LogP contribution in [0.5, 0.6) is 0 Å². The summed E-state index contributed by atoms with van der Waals surface area (Å²) in [6, 6.07) is 0. The van der Waals surface area contributed by atoms with Gasteiger partial charge in [-0.1, -0.05) is 110 Å². The number of carbonyl (C=O) groups is 1. The summed E-state index contributed by atoms with van der Waals surface area (Å²) in [6.45, 7) is 5.06. The van der Waals surface area contributed by atoms with Gasteiger partial charge in [-0.15, -0.1) is 0 Å². The van der Waals surface area contributed by atoms with Gasteiger partial charge in [-0.05, 0) is 12.8 Å². The van der Waals surface area contributed by atoms with E-state index >= 15 is 0 Å². The fourth-order valence-electron chi connectivity index (χ4n) is 3.07. The lowest BCUT2D eigenvalue weighted by molar-refractivity contribution is -0.143. The molecule has 144 valence electrons. The Kier molecular flexibility index (Phi) is 20.1. The monoisotopic (exact) mass is 340 g/mol. The van der Waals surface area contributed by atoms with Crippen LogP contribution in [-0.2, 0) is 9.53 Å². The van der Waals surface area contributed by atoms with E-state index in [9.17, 15) is 4.79 Å². The van der Waals surface area contributed by atoms with Crippen LogP contribution in [0.25, 0.3) is 0 Å². The van der Waals surface area contributed by atoms with Gasteiger partial charge in [-0.3, -0.25) is 4.79 Å². The van der Waals surface area contributed by atoms with Crippen LogP contribution >= 0.6 is 0 Å². The third-order valence-electron chi connectivity index (χ3n) is 4.75. The summed E-state index contributed by atoms with van der Waals surface area (Å²) in [4.78, 5) is 11.5. The fourth-order valence-corrected chi connectivity index (χ4v) is 3.07. The van der Waals surface area contributed by atoms with E-state index in [0.717, 1.165) is 19.3 Å². The predicted molar refractivity (Wildman–Crippen MR) is 105 cm³/mol. The molecule has 2 heteroatoms. The molecule has 0 aromatic rings. The van der Waals surface area contributed by atoms with Crippen LogP contribution in [0, 0.1) is 0 Å². The molecule has 0 saturated carbocycles. The molecule has 0 spiro atoms. The van der Waals surface area contributed by atoms with Gasteiger partial charge in [0.2, 0.25) is 0 Å². The van der Waals surface area contributed by atoms with Gasteiger partial charge >= 0.3 is 5.97 Å². The summed E-state index contributed by atoms with van der Waals surface area (Å²) in [5, 5.41) is 0. The highest BCUT2D eigenvalue weighted by Crippen LogP contribution is 2.13. The first-order valence-corrected chi connectivity index (χ1v) is 11.0. The van der Waals surface area contributed by atoms with Gasteiger partial charge in [-0.25, -0.2) is 0 Å². The summed E-state index contributed by atoms with van der Waals surface area (Å²) in [6.07, 6.45) is 22.9. The molecule has 0 aliphatic rings. The van der Waals surface area contributed by atoms with Crippen molar-refractivity contribution in [2.24, 2.45) is 0 Å². The number of hydrogen-bond donors (Lipinski definition) is 0. The molecule has 0 amide bonds. The first-order chi connectivity index (χ1) is 11.8. The topological polar surface area (TPSA) is 26.3 Å². The van der Waals surface area contributed by atoms with E-state index < -0.39 is 0 Å². The van der Waals surface area contributed by atoms with E-state index in [2.05, 4.69) is 13.8 Å². The van der Waals surface area contributed by atoms with E-state index in [-0.39, 0.29) is 5.97 Å².